The fourth-order valence-electron chi connectivity index (χ4n) is 3.94. The molecular weight excluding hydrogens is 631 g/mol. The Labute approximate surface area is 252 Å². The highest BCUT2D eigenvalue weighted by molar-refractivity contribution is 9.10. The van der Waals surface area contributed by atoms with E-state index in [0.29, 0.717) is 23.1 Å². The average molecular weight is 664 g/mol. The zero-order valence-corrected chi connectivity index (χ0v) is 25.0. The molecule has 0 radical (unpaired) electrons. The van der Waals surface area contributed by atoms with Crippen LogP contribution in [-0.2, 0) is 14.8 Å². The van der Waals surface area contributed by atoms with E-state index in [0.717, 1.165) is 50.7 Å². The monoisotopic (exact) mass is 662 g/mol. The number of sulfonamides is 1. The molecule has 1 heterocycles. The molecule has 0 unspecified atom stereocenters. The molecule has 0 aliphatic carbocycles. The van der Waals surface area contributed by atoms with Crippen LogP contribution in [0.1, 0.15) is 55.3 Å². The van der Waals surface area contributed by atoms with E-state index in [1.807, 2.05) is 0 Å². The number of hydrogen-bond donors (Lipinski definition) is 5. The molecule has 42 heavy (non-hydrogen) atoms. The Balaban J connectivity index is 1.49. The number of carboxylic acids is 1. The Morgan fingerprint density at radius 1 is 1.00 bits per heavy atom. The number of benzene rings is 2. The van der Waals surface area contributed by atoms with Crippen molar-refractivity contribution in [3.05, 3.63) is 76.7 Å². The summed E-state index contributed by atoms with van der Waals surface area (Å²) in [4.78, 5) is 30.8. The third-order valence-corrected chi connectivity index (χ3v) is 8.09. The number of allylic oxidation sites excluding steroid dienone is 1. The van der Waals surface area contributed by atoms with E-state index in [9.17, 15) is 22.4 Å². The summed E-state index contributed by atoms with van der Waals surface area (Å²) in [6.07, 6.45) is 10.5. The first-order valence-electron chi connectivity index (χ1n) is 13.2. The maximum atomic E-state index is 14.1. The minimum Gasteiger partial charge on any atom is -0.478 e. The van der Waals surface area contributed by atoms with Crippen molar-refractivity contribution in [3.8, 4) is 0 Å². The number of rotatable bonds is 17. The Morgan fingerprint density at radius 3 is 2.38 bits per heavy atom. The van der Waals surface area contributed by atoms with Crippen LogP contribution in [0.3, 0.4) is 0 Å². The lowest BCUT2D eigenvalue weighted by atomic mass is 10.1. The third-order valence-electron chi connectivity index (χ3n) is 6.03. The normalized spacial score (nSPS) is 11.5. The highest BCUT2D eigenvalue weighted by Crippen LogP contribution is 2.28. The maximum absolute atomic E-state index is 14.1. The van der Waals surface area contributed by atoms with Gasteiger partial charge in [-0.05, 0) is 71.6 Å². The van der Waals surface area contributed by atoms with Crippen molar-refractivity contribution < 1.29 is 27.5 Å². The van der Waals surface area contributed by atoms with Crippen LogP contribution >= 0.6 is 15.9 Å². The second-order valence-corrected chi connectivity index (χ2v) is 11.9. The summed E-state index contributed by atoms with van der Waals surface area (Å²) >= 11 is 3.32. The van der Waals surface area contributed by atoms with Gasteiger partial charge in [0.05, 0.1) is 20.6 Å². The Kier molecular flexibility index (Phi) is 12.4. The molecule has 0 spiro atoms. The number of carboxylic acid groups (broad SMARTS) is 1. The summed E-state index contributed by atoms with van der Waals surface area (Å²) < 4.78 is 42.5. The van der Waals surface area contributed by atoms with Crippen molar-refractivity contribution in [3.63, 3.8) is 0 Å². The fourth-order valence-corrected chi connectivity index (χ4v) is 5.30. The van der Waals surface area contributed by atoms with Crippen LogP contribution in [0.15, 0.2) is 70.2 Å². The van der Waals surface area contributed by atoms with E-state index in [1.54, 1.807) is 18.2 Å². The molecule has 0 atom stereocenters. The predicted molar refractivity (Wildman–Crippen MR) is 162 cm³/mol. The first-order valence-corrected chi connectivity index (χ1v) is 15.5. The van der Waals surface area contributed by atoms with Gasteiger partial charge in [-0.3, -0.25) is 4.79 Å². The van der Waals surface area contributed by atoms with E-state index >= 15 is 0 Å². The van der Waals surface area contributed by atoms with Crippen molar-refractivity contribution in [1.82, 2.24) is 14.7 Å². The first kappa shape index (κ1) is 32.6. The number of anilines is 4. The number of aliphatic carboxylic acids is 1. The predicted octanol–water partition coefficient (Wildman–Crippen LogP) is 5.61. The van der Waals surface area contributed by atoms with Gasteiger partial charge in [0, 0.05) is 24.5 Å². The molecule has 3 rings (SSSR count). The average Bonchev–Trinajstić information content (AvgIpc) is 2.93. The topological polar surface area (TPSA) is 176 Å². The zero-order valence-electron chi connectivity index (χ0n) is 22.6. The second-order valence-electron chi connectivity index (χ2n) is 9.24. The molecule has 224 valence electrons. The molecule has 0 aliphatic heterocycles. The first-order chi connectivity index (χ1) is 20.1. The Hall–Kier alpha value is -3.88. The van der Waals surface area contributed by atoms with Gasteiger partial charge in [-0.2, -0.15) is 4.98 Å². The van der Waals surface area contributed by atoms with Gasteiger partial charge < -0.3 is 21.5 Å². The lowest BCUT2D eigenvalue weighted by molar-refractivity contribution is -0.131. The van der Waals surface area contributed by atoms with Crippen LogP contribution in [0.2, 0.25) is 0 Å². The lowest BCUT2D eigenvalue weighted by Gasteiger charge is -2.13. The third kappa shape index (κ3) is 10.2. The number of aromatic nitrogens is 2. The van der Waals surface area contributed by atoms with Crippen LogP contribution < -0.4 is 21.1 Å². The summed E-state index contributed by atoms with van der Waals surface area (Å²) in [6.45, 7) is 0.328. The summed E-state index contributed by atoms with van der Waals surface area (Å²) in [5, 5.41) is 14.4. The fraction of sp³-hybridized carbons (Fsp3) is 0.286. The van der Waals surface area contributed by atoms with Gasteiger partial charge in [0.25, 0.3) is 5.91 Å². The Morgan fingerprint density at radius 2 is 1.69 bits per heavy atom. The van der Waals surface area contributed by atoms with E-state index in [2.05, 4.69) is 41.3 Å². The maximum Gasteiger partial charge on any atom is 0.327 e. The minimum absolute atomic E-state index is 0.117. The number of nitrogens with two attached hydrogens (primary N) is 1. The summed E-state index contributed by atoms with van der Waals surface area (Å²) in [7, 11) is -3.68. The van der Waals surface area contributed by atoms with Gasteiger partial charge in [-0.15, -0.1) is 0 Å². The molecule has 14 heteroatoms. The molecule has 0 saturated carbocycles. The quantitative estimate of drug-likeness (QED) is 0.0907. The standard InChI is InChI=1S/C28H32BrFN6O5S/c29-21-18-32-28(36-27(21)35-23-11-9-10-22(30)25(23)26(31)39)34-19-13-15-20(16-14-19)42(40,41)33-17-8-6-4-2-1-3-5-7-12-24(37)38/h7,9-16,18,33H,1-6,8,17H2,(H2,31,39)(H,37,38)(H2,32,34,35,36)/b12-7+. The number of hydrogen-bond acceptors (Lipinski definition) is 8. The number of unbranched alkanes of at least 4 members (excludes halogenated alkanes) is 6. The van der Waals surface area contributed by atoms with E-state index in [-0.39, 0.29) is 27.9 Å². The molecule has 1 amide bonds. The lowest BCUT2D eigenvalue weighted by Crippen LogP contribution is -2.24. The highest BCUT2D eigenvalue weighted by Gasteiger charge is 2.16. The van der Waals surface area contributed by atoms with Gasteiger partial charge in [0.15, 0.2) is 0 Å². The molecule has 0 fully saturated rings. The van der Waals surface area contributed by atoms with Crippen LogP contribution in [0, 0.1) is 5.82 Å². The van der Waals surface area contributed by atoms with Crippen molar-refractivity contribution in [2.75, 3.05) is 17.2 Å². The smallest absolute Gasteiger partial charge is 0.327 e. The van der Waals surface area contributed by atoms with Gasteiger partial charge >= 0.3 is 5.97 Å². The van der Waals surface area contributed by atoms with Crippen molar-refractivity contribution in [1.29, 1.82) is 0 Å². The summed E-state index contributed by atoms with van der Waals surface area (Å²) in [6, 6.07) is 10.1. The number of amides is 1. The largest absolute Gasteiger partial charge is 0.478 e. The zero-order chi connectivity index (χ0) is 30.5. The minimum atomic E-state index is -3.68. The van der Waals surface area contributed by atoms with Gasteiger partial charge in [-0.25, -0.2) is 27.3 Å². The number of nitrogens with zero attached hydrogens (tertiary/aromatic N) is 2. The number of primary amides is 1. The molecule has 6 N–H and O–H groups in total. The summed E-state index contributed by atoms with van der Waals surface area (Å²) in [5.74, 6) is -2.22. The number of halogens is 2. The molecule has 0 bridgehead atoms. The molecule has 2 aromatic carbocycles. The number of carbonyl (C=O) groups is 2. The van der Waals surface area contributed by atoms with Gasteiger partial charge in [0.2, 0.25) is 16.0 Å². The van der Waals surface area contributed by atoms with E-state index in [4.69, 9.17) is 10.8 Å². The highest BCUT2D eigenvalue weighted by atomic mass is 79.9. The van der Waals surface area contributed by atoms with E-state index in [1.165, 1.54) is 30.5 Å². The molecular formula is C28H32BrFN6O5S. The van der Waals surface area contributed by atoms with Crippen LogP contribution in [0.25, 0.3) is 0 Å². The number of nitrogens with one attached hydrogen (secondary N) is 3. The van der Waals surface area contributed by atoms with Crippen molar-refractivity contribution in [2.45, 2.75) is 49.8 Å². The molecule has 3 aromatic rings. The molecule has 11 nitrogen and oxygen atoms in total. The molecule has 0 saturated heterocycles. The summed E-state index contributed by atoms with van der Waals surface area (Å²) in [5.41, 5.74) is 5.68. The Bertz CT molecular complexity index is 1520. The van der Waals surface area contributed by atoms with Crippen molar-refractivity contribution in [2.24, 2.45) is 5.73 Å². The van der Waals surface area contributed by atoms with Gasteiger partial charge in [-0.1, -0.05) is 37.8 Å². The van der Waals surface area contributed by atoms with Gasteiger partial charge in [0.1, 0.15) is 11.6 Å². The SMILES string of the molecule is NC(=O)c1c(F)cccc1Nc1nc(Nc2ccc(S(=O)(=O)NCCCCCCCC/C=C/C(=O)O)cc2)ncc1Br. The van der Waals surface area contributed by atoms with Crippen molar-refractivity contribution >= 4 is 61.0 Å². The van der Waals surface area contributed by atoms with Crippen LogP contribution in [-0.4, -0.2) is 41.9 Å². The second kappa shape index (κ2) is 15.9. The van der Waals surface area contributed by atoms with Crippen LogP contribution in [0.5, 0.6) is 0 Å². The number of carbonyl (C=O) groups excluding carboxylic acids is 1. The van der Waals surface area contributed by atoms with E-state index < -0.39 is 27.7 Å². The van der Waals surface area contributed by atoms with Crippen LogP contribution in [0.4, 0.5) is 27.5 Å². The molecule has 1 aromatic heterocycles. The molecule has 0 aliphatic rings.